The average molecular weight is 469 g/mol. The molecule has 1 amide bonds. The molecule has 0 aliphatic carbocycles. The van der Waals surface area contributed by atoms with Crippen LogP contribution in [0, 0.1) is 0 Å². The number of rotatable bonds is 7. The first-order valence-corrected chi connectivity index (χ1v) is 11.8. The van der Waals surface area contributed by atoms with Crippen LogP contribution < -0.4 is 0 Å². The fraction of sp³-hybridized carbons (Fsp3) is 0.280. The lowest BCUT2D eigenvalue weighted by molar-refractivity contribution is -0.152. The molecule has 1 aliphatic heterocycles. The molecular formula is C25H25ClN2O3S. The zero-order valence-corrected chi connectivity index (χ0v) is 19.3. The summed E-state index contributed by atoms with van der Waals surface area (Å²) in [5.41, 5.74) is 3.09. The molecule has 0 bridgehead atoms. The van der Waals surface area contributed by atoms with E-state index in [0.29, 0.717) is 13.1 Å². The second-order valence-electron chi connectivity index (χ2n) is 7.76. The van der Waals surface area contributed by atoms with Crippen molar-refractivity contribution in [1.82, 2.24) is 9.80 Å². The molecule has 2 aromatic carbocycles. The number of piperazine rings is 1. The van der Waals surface area contributed by atoms with Gasteiger partial charge in [0.2, 0.25) is 0 Å². The average Bonchev–Trinajstić information content (AvgIpc) is 3.23. The summed E-state index contributed by atoms with van der Waals surface area (Å²) in [6.07, 6.45) is 0.152. The molecule has 3 aromatic rings. The summed E-state index contributed by atoms with van der Waals surface area (Å²) >= 11 is 7.58. The van der Waals surface area contributed by atoms with Crippen molar-refractivity contribution < 1.29 is 14.3 Å². The molecule has 0 radical (unpaired) electrons. The van der Waals surface area contributed by atoms with Gasteiger partial charge >= 0.3 is 5.97 Å². The fourth-order valence-corrected chi connectivity index (χ4v) is 4.84. The number of ether oxygens (including phenoxy) is 1. The van der Waals surface area contributed by atoms with Crippen LogP contribution in [-0.2, 0) is 27.3 Å². The van der Waals surface area contributed by atoms with Crippen molar-refractivity contribution in [3.63, 3.8) is 0 Å². The monoisotopic (exact) mass is 468 g/mol. The molecule has 166 valence electrons. The molecule has 5 nitrogen and oxygen atoms in total. The van der Waals surface area contributed by atoms with Crippen LogP contribution >= 0.6 is 22.9 Å². The lowest BCUT2D eigenvalue weighted by Crippen LogP contribution is -2.49. The molecule has 32 heavy (non-hydrogen) atoms. The second-order valence-corrected chi connectivity index (χ2v) is 9.56. The molecule has 7 heteroatoms. The van der Waals surface area contributed by atoms with E-state index in [1.54, 1.807) is 16.2 Å². The van der Waals surface area contributed by atoms with Crippen LogP contribution in [0.1, 0.15) is 10.4 Å². The lowest BCUT2D eigenvalue weighted by Gasteiger charge is -2.34. The van der Waals surface area contributed by atoms with Gasteiger partial charge in [-0.3, -0.25) is 14.5 Å². The highest BCUT2D eigenvalue weighted by molar-refractivity contribution is 7.16. The minimum atomic E-state index is -0.390. The summed E-state index contributed by atoms with van der Waals surface area (Å²) < 4.78 is 6.04. The maximum atomic E-state index is 12.4. The van der Waals surface area contributed by atoms with Crippen molar-refractivity contribution in [3.8, 4) is 11.1 Å². The van der Waals surface area contributed by atoms with E-state index in [-0.39, 0.29) is 24.9 Å². The third-order valence-corrected chi connectivity index (χ3v) is 6.72. The van der Waals surface area contributed by atoms with Gasteiger partial charge in [0.15, 0.2) is 6.61 Å². The largest absolute Gasteiger partial charge is 0.455 e. The molecule has 1 fully saturated rings. The Labute approximate surface area is 197 Å². The Balaban J connectivity index is 1.18. The van der Waals surface area contributed by atoms with Crippen molar-refractivity contribution in [1.29, 1.82) is 0 Å². The Morgan fingerprint density at radius 2 is 1.56 bits per heavy atom. The summed E-state index contributed by atoms with van der Waals surface area (Å²) in [6.45, 7) is 3.50. The molecule has 1 saturated heterocycles. The predicted octanol–water partition coefficient (Wildman–Crippen LogP) is 4.50. The number of esters is 1. The van der Waals surface area contributed by atoms with E-state index in [2.05, 4.69) is 4.90 Å². The van der Waals surface area contributed by atoms with Crippen LogP contribution in [0.15, 0.2) is 66.7 Å². The molecule has 4 rings (SSSR count). The van der Waals surface area contributed by atoms with Crippen molar-refractivity contribution in [2.24, 2.45) is 0 Å². The fourth-order valence-electron chi connectivity index (χ4n) is 3.71. The zero-order chi connectivity index (χ0) is 22.3. The first-order valence-electron chi connectivity index (χ1n) is 10.6. The minimum absolute atomic E-state index is 0.142. The third kappa shape index (κ3) is 6.19. The molecule has 0 spiro atoms. The number of nitrogens with zero attached hydrogens (tertiary/aromatic N) is 2. The van der Waals surface area contributed by atoms with E-state index >= 15 is 0 Å². The molecule has 0 atom stereocenters. The van der Waals surface area contributed by atoms with Crippen LogP contribution in [0.4, 0.5) is 0 Å². The maximum Gasteiger partial charge on any atom is 0.310 e. The molecular weight excluding hydrogens is 444 g/mol. The van der Waals surface area contributed by atoms with Crippen LogP contribution in [0.2, 0.25) is 4.34 Å². The first-order chi connectivity index (χ1) is 15.6. The Morgan fingerprint density at radius 3 is 2.22 bits per heavy atom. The standard InChI is InChI=1S/C25H25ClN2O3S/c26-23-11-10-22(32-23)17-27-12-14-28(15-13-27)24(29)18-31-25(30)16-19-6-8-21(9-7-19)20-4-2-1-3-5-20/h1-11H,12-18H2. The minimum Gasteiger partial charge on any atom is -0.455 e. The highest BCUT2D eigenvalue weighted by Crippen LogP contribution is 2.23. The summed E-state index contributed by atoms with van der Waals surface area (Å²) in [6, 6.07) is 21.9. The van der Waals surface area contributed by atoms with Gasteiger partial charge in [-0.2, -0.15) is 0 Å². The highest BCUT2D eigenvalue weighted by Gasteiger charge is 2.22. The lowest BCUT2D eigenvalue weighted by atomic mass is 10.0. The van der Waals surface area contributed by atoms with Crippen molar-refractivity contribution in [2.75, 3.05) is 32.8 Å². The van der Waals surface area contributed by atoms with Gasteiger partial charge in [-0.1, -0.05) is 66.2 Å². The molecule has 1 aliphatic rings. The Morgan fingerprint density at radius 1 is 0.875 bits per heavy atom. The van der Waals surface area contributed by atoms with Gasteiger partial charge in [0, 0.05) is 37.6 Å². The second kappa shape index (κ2) is 10.8. The summed E-state index contributed by atoms with van der Waals surface area (Å²) in [5.74, 6) is -0.532. The SMILES string of the molecule is O=C(Cc1ccc(-c2ccccc2)cc1)OCC(=O)N1CCN(Cc2ccc(Cl)s2)CC1. The van der Waals surface area contributed by atoms with E-state index in [4.69, 9.17) is 16.3 Å². The number of halogens is 1. The van der Waals surface area contributed by atoms with Crippen LogP contribution in [0.5, 0.6) is 0 Å². The number of thiophene rings is 1. The van der Waals surface area contributed by atoms with Gasteiger partial charge in [0.25, 0.3) is 5.91 Å². The quantitative estimate of drug-likeness (QED) is 0.479. The molecule has 2 heterocycles. The molecule has 0 unspecified atom stereocenters. The van der Waals surface area contributed by atoms with Gasteiger partial charge in [-0.25, -0.2) is 0 Å². The van der Waals surface area contributed by atoms with Crippen LogP contribution in [0.25, 0.3) is 11.1 Å². The molecule has 1 aromatic heterocycles. The summed E-state index contributed by atoms with van der Waals surface area (Å²) in [4.78, 5) is 29.9. The number of carbonyl (C=O) groups excluding carboxylic acids is 2. The van der Waals surface area contributed by atoms with Gasteiger partial charge < -0.3 is 9.64 Å². The van der Waals surface area contributed by atoms with Crippen molar-refractivity contribution >= 4 is 34.8 Å². The topological polar surface area (TPSA) is 49.9 Å². The smallest absolute Gasteiger partial charge is 0.310 e. The Bertz CT molecular complexity index is 1040. The predicted molar refractivity (Wildman–Crippen MR) is 128 cm³/mol. The van der Waals surface area contributed by atoms with Crippen molar-refractivity contribution in [2.45, 2.75) is 13.0 Å². The zero-order valence-electron chi connectivity index (χ0n) is 17.7. The van der Waals surface area contributed by atoms with Crippen LogP contribution in [-0.4, -0.2) is 54.5 Å². The van der Waals surface area contributed by atoms with Crippen molar-refractivity contribution in [3.05, 3.63) is 81.5 Å². The summed E-state index contributed by atoms with van der Waals surface area (Å²) in [5, 5.41) is 0. The van der Waals surface area contributed by atoms with E-state index in [1.807, 2.05) is 66.7 Å². The van der Waals surface area contributed by atoms with Gasteiger partial charge in [-0.05, 0) is 28.8 Å². The van der Waals surface area contributed by atoms with Gasteiger partial charge in [0.1, 0.15) is 0 Å². The van der Waals surface area contributed by atoms with Gasteiger partial charge in [-0.15, -0.1) is 11.3 Å². The van der Waals surface area contributed by atoms with Crippen LogP contribution in [0.3, 0.4) is 0 Å². The van der Waals surface area contributed by atoms with E-state index in [1.165, 1.54) is 4.88 Å². The number of hydrogen-bond acceptors (Lipinski definition) is 5. The normalized spacial score (nSPS) is 14.3. The number of amides is 1. The molecule has 0 saturated carbocycles. The Hall–Kier alpha value is -2.67. The summed E-state index contributed by atoms with van der Waals surface area (Å²) in [7, 11) is 0. The van der Waals surface area contributed by atoms with Gasteiger partial charge in [0.05, 0.1) is 10.8 Å². The highest BCUT2D eigenvalue weighted by atomic mass is 35.5. The van der Waals surface area contributed by atoms with E-state index < -0.39 is 0 Å². The first kappa shape index (κ1) is 22.5. The number of benzene rings is 2. The Kier molecular flexibility index (Phi) is 7.58. The maximum absolute atomic E-state index is 12.4. The van der Waals surface area contributed by atoms with E-state index in [0.717, 1.165) is 40.7 Å². The third-order valence-electron chi connectivity index (χ3n) is 5.50. The molecule has 0 N–H and O–H groups in total. The van der Waals surface area contributed by atoms with E-state index in [9.17, 15) is 9.59 Å². The number of carbonyl (C=O) groups is 2. The number of hydrogen-bond donors (Lipinski definition) is 0.